The van der Waals surface area contributed by atoms with Crippen LogP contribution in [0.5, 0.6) is 0 Å². The Hall–Kier alpha value is -0.660. The number of sulfonamides is 1. The van der Waals surface area contributed by atoms with E-state index in [0.29, 0.717) is 11.7 Å². The molecular weight excluding hydrogens is 198 g/mol. The highest BCUT2D eigenvalue weighted by Crippen LogP contribution is 2.09. The molecule has 1 aromatic heterocycles. The van der Waals surface area contributed by atoms with Crippen molar-refractivity contribution in [2.24, 2.45) is 5.14 Å². The highest BCUT2D eigenvalue weighted by Gasteiger charge is 2.01. The van der Waals surface area contributed by atoms with Gasteiger partial charge in [0, 0.05) is 18.1 Å². The first kappa shape index (κ1) is 9.43. The average molecular weight is 207 g/mol. The number of hydrogen-bond donors (Lipinski definition) is 2. The normalized spacial score (nSPS) is 11.4. The summed E-state index contributed by atoms with van der Waals surface area (Å²) in [6.07, 6.45) is 1.64. The summed E-state index contributed by atoms with van der Waals surface area (Å²) in [5.74, 6) is -0.0768. The molecule has 0 aromatic carbocycles. The predicted molar refractivity (Wildman–Crippen MR) is 48.6 cm³/mol. The fourth-order valence-corrected chi connectivity index (χ4v) is 1.56. The molecule has 0 aliphatic carbocycles. The van der Waals surface area contributed by atoms with Crippen molar-refractivity contribution in [1.82, 2.24) is 4.98 Å². The number of rotatable bonds is 4. The molecule has 0 spiro atoms. The van der Waals surface area contributed by atoms with Crippen LogP contribution in [0.3, 0.4) is 0 Å². The number of thiazole rings is 1. The minimum absolute atomic E-state index is 0.0768. The molecule has 0 atom stereocenters. The van der Waals surface area contributed by atoms with Crippen LogP contribution in [0, 0.1) is 0 Å². The van der Waals surface area contributed by atoms with Gasteiger partial charge in [-0.25, -0.2) is 18.5 Å². The van der Waals surface area contributed by atoms with Crippen LogP contribution in [-0.4, -0.2) is 25.7 Å². The van der Waals surface area contributed by atoms with Crippen molar-refractivity contribution in [2.75, 3.05) is 17.6 Å². The van der Waals surface area contributed by atoms with Gasteiger partial charge in [-0.1, -0.05) is 0 Å². The third kappa shape index (κ3) is 3.65. The van der Waals surface area contributed by atoms with Crippen LogP contribution in [0.25, 0.3) is 0 Å². The van der Waals surface area contributed by atoms with Gasteiger partial charge in [0.15, 0.2) is 5.13 Å². The number of hydrogen-bond acceptors (Lipinski definition) is 5. The molecule has 7 heteroatoms. The summed E-state index contributed by atoms with van der Waals surface area (Å²) in [4.78, 5) is 3.91. The molecule has 0 saturated carbocycles. The Bertz CT molecular complexity index is 318. The van der Waals surface area contributed by atoms with Crippen molar-refractivity contribution in [3.63, 3.8) is 0 Å². The van der Waals surface area contributed by atoms with Crippen molar-refractivity contribution < 1.29 is 8.42 Å². The van der Waals surface area contributed by atoms with E-state index in [2.05, 4.69) is 10.3 Å². The largest absolute Gasteiger partial charge is 0.360 e. The predicted octanol–water partition coefficient (Wildman–Crippen LogP) is -0.156. The molecule has 1 heterocycles. The van der Waals surface area contributed by atoms with E-state index < -0.39 is 10.0 Å². The van der Waals surface area contributed by atoms with Gasteiger partial charge in [-0.15, -0.1) is 11.3 Å². The van der Waals surface area contributed by atoms with E-state index in [4.69, 9.17) is 5.14 Å². The van der Waals surface area contributed by atoms with Crippen molar-refractivity contribution in [3.05, 3.63) is 11.6 Å². The van der Waals surface area contributed by atoms with E-state index in [0.717, 1.165) is 0 Å². The zero-order chi connectivity index (χ0) is 9.03. The monoisotopic (exact) mass is 207 g/mol. The molecule has 1 rings (SSSR count). The summed E-state index contributed by atoms with van der Waals surface area (Å²) in [5.41, 5.74) is 0. The number of primary sulfonamides is 1. The third-order valence-electron chi connectivity index (χ3n) is 1.10. The fraction of sp³-hybridized carbons (Fsp3) is 0.400. The number of nitrogens with zero attached hydrogens (tertiary/aromatic N) is 1. The van der Waals surface area contributed by atoms with Crippen LogP contribution >= 0.6 is 11.3 Å². The van der Waals surface area contributed by atoms with Crippen molar-refractivity contribution >= 4 is 26.5 Å². The third-order valence-corrected chi connectivity index (χ3v) is 2.60. The molecule has 0 amide bonds. The van der Waals surface area contributed by atoms with Crippen LogP contribution in [0.1, 0.15) is 0 Å². The summed E-state index contributed by atoms with van der Waals surface area (Å²) >= 11 is 1.42. The lowest BCUT2D eigenvalue weighted by Gasteiger charge is -1.99. The highest BCUT2D eigenvalue weighted by atomic mass is 32.2. The fourth-order valence-electron chi connectivity index (χ4n) is 0.611. The summed E-state index contributed by atoms with van der Waals surface area (Å²) in [6, 6.07) is 0. The molecule has 1 aromatic rings. The van der Waals surface area contributed by atoms with E-state index in [1.807, 2.05) is 0 Å². The van der Waals surface area contributed by atoms with Gasteiger partial charge in [0.1, 0.15) is 0 Å². The molecular formula is C5H9N3O2S2. The molecule has 68 valence electrons. The van der Waals surface area contributed by atoms with Gasteiger partial charge in [0.2, 0.25) is 10.0 Å². The summed E-state index contributed by atoms with van der Waals surface area (Å²) in [5, 5.41) is 10.1. The maximum absolute atomic E-state index is 10.5. The smallest absolute Gasteiger partial charge is 0.210 e. The van der Waals surface area contributed by atoms with E-state index >= 15 is 0 Å². The first-order valence-electron chi connectivity index (χ1n) is 3.22. The molecule has 0 radical (unpaired) electrons. The van der Waals surface area contributed by atoms with Crippen molar-refractivity contribution in [3.8, 4) is 0 Å². The second-order valence-electron chi connectivity index (χ2n) is 2.13. The molecule has 0 aliphatic heterocycles. The van der Waals surface area contributed by atoms with Gasteiger partial charge in [-0.2, -0.15) is 0 Å². The van der Waals surface area contributed by atoms with Crippen LogP contribution in [-0.2, 0) is 10.0 Å². The lowest BCUT2D eigenvalue weighted by Crippen LogP contribution is -2.22. The lowest BCUT2D eigenvalue weighted by atomic mass is 10.7. The quantitative estimate of drug-likeness (QED) is 0.718. The molecule has 0 aliphatic rings. The minimum Gasteiger partial charge on any atom is -0.360 e. The Morgan fingerprint density at radius 2 is 2.42 bits per heavy atom. The van der Waals surface area contributed by atoms with Crippen molar-refractivity contribution in [2.45, 2.75) is 0 Å². The SMILES string of the molecule is NS(=O)(=O)CCNc1nccs1. The second-order valence-corrected chi connectivity index (χ2v) is 4.76. The van der Waals surface area contributed by atoms with E-state index in [-0.39, 0.29) is 5.75 Å². The Balaban J connectivity index is 2.29. The number of nitrogens with one attached hydrogen (secondary N) is 1. The zero-order valence-corrected chi connectivity index (χ0v) is 7.86. The number of nitrogens with two attached hydrogens (primary N) is 1. The van der Waals surface area contributed by atoms with Crippen LogP contribution in [0.2, 0.25) is 0 Å². The Kier molecular flexibility index (Phi) is 3.01. The summed E-state index contributed by atoms with van der Waals surface area (Å²) < 4.78 is 21.0. The molecule has 0 fully saturated rings. The summed E-state index contributed by atoms with van der Waals surface area (Å²) in [6.45, 7) is 0.298. The first-order valence-corrected chi connectivity index (χ1v) is 5.81. The van der Waals surface area contributed by atoms with Crippen LogP contribution < -0.4 is 10.5 Å². The Morgan fingerprint density at radius 3 is 2.92 bits per heavy atom. The minimum atomic E-state index is -3.36. The lowest BCUT2D eigenvalue weighted by molar-refractivity contribution is 0.598. The van der Waals surface area contributed by atoms with E-state index in [1.165, 1.54) is 11.3 Å². The number of anilines is 1. The van der Waals surface area contributed by atoms with Crippen LogP contribution in [0.15, 0.2) is 11.6 Å². The highest BCUT2D eigenvalue weighted by molar-refractivity contribution is 7.89. The zero-order valence-electron chi connectivity index (χ0n) is 6.23. The Labute approximate surface area is 74.7 Å². The topological polar surface area (TPSA) is 85.1 Å². The van der Waals surface area contributed by atoms with E-state index in [9.17, 15) is 8.42 Å². The van der Waals surface area contributed by atoms with Gasteiger partial charge in [0.05, 0.1) is 5.75 Å². The molecule has 5 nitrogen and oxygen atoms in total. The maximum atomic E-state index is 10.5. The van der Waals surface area contributed by atoms with E-state index in [1.54, 1.807) is 11.6 Å². The van der Waals surface area contributed by atoms with Crippen LogP contribution in [0.4, 0.5) is 5.13 Å². The summed E-state index contributed by atoms with van der Waals surface area (Å²) in [7, 11) is -3.36. The van der Waals surface area contributed by atoms with Gasteiger partial charge in [-0.05, 0) is 0 Å². The molecule has 3 N–H and O–H groups in total. The second kappa shape index (κ2) is 3.83. The maximum Gasteiger partial charge on any atom is 0.210 e. The number of aromatic nitrogens is 1. The Morgan fingerprint density at radius 1 is 1.67 bits per heavy atom. The van der Waals surface area contributed by atoms with Gasteiger partial charge >= 0.3 is 0 Å². The molecule has 0 bridgehead atoms. The average Bonchev–Trinajstić information content (AvgIpc) is 2.36. The molecule has 0 saturated heterocycles. The first-order chi connectivity index (χ1) is 5.58. The molecule has 12 heavy (non-hydrogen) atoms. The van der Waals surface area contributed by atoms with Gasteiger partial charge < -0.3 is 5.32 Å². The van der Waals surface area contributed by atoms with Gasteiger partial charge in [-0.3, -0.25) is 0 Å². The van der Waals surface area contributed by atoms with Gasteiger partial charge in [0.25, 0.3) is 0 Å². The van der Waals surface area contributed by atoms with Crippen molar-refractivity contribution in [1.29, 1.82) is 0 Å². The standard InChI is InChI=1S/C5H9N3O2S2/c6-12(9,10)4-2-8-5-7-1-3-11-5/h1,3H,2,4H2,(H,7,8)(H2,6,9,10). The molecule has 0 unspecified atom stereocenters.